The number of hydrogen-bond donors (Lipinski definition) is 2. The quantitative estimate of drug-likeness (QED) is 0.446. The lowest BCUT2D eigenvalue weighted by atomic mass is 10.0. The third-order valence-corrected chi connectivity index (χ3v) is 6.05. The molecule has 2 atom stereocenters. The number of ether oxygens (including phenoxy) is 1. The number of fused-ring (bicyclic) bond motifs is 1. The van der Waals surface area contributed by atoms with Crippen molar-refractivity contribution < 1.29 is 45.8 Å². The minimum absolute atomic E-state index is 0.460. The van der Waals surface area contributed by atoms with Gasteiger partial charge in [-0.1, -0.05) is 0 Å². The van der Waals surface area contributed by atoms with Gasteiger partial charge in [-0.25, -0.2) is 27.7 Å². The van der Waals surface area contributed by atoms with Crippen molar-refractivity contribution in [3.05, 3.63) is 63.7 Å². The number of carbonyl (C=O) groups excluding carboxylic acids is 1. The molecule has 0 aliphatic carbocycles. The van der Waals surface area contributed by atoms with Gasteiger partial charge in [-0.3, -0.25) is 9.36 Å². The molecule has 15 heteroatoms. The molecule has 3 heterocycles. The molecule has 0 radical (unpaired) electrons. The lowest BCUT2D eigenvalue weighted by molar-refractivity contribution is -0.173. The molecule has 1 aromatic carbocycles. The molecule has 2 aromatic heterocycles. The van der Waals surface area contributed by atoms with Crippen LogP contribution >= 0.6 is 0 Å². The summed E-state index contributed by atoms with van der Waals surface area (Å²) in [5.41, 5.74) is -4.03. The molecule has 0 spiro atoms. The maximum Gasteiger partial charge on any atom is 0.407 e. The highest BCUT2D eigenvalue weighted by atomic mass is 19.4. The number of benzene rings is 1. The molecule has 214 valence electrons. The number of halogens is 6. The molecule has 4 rings (SSSR count). The summed E-state index contributed by atoms with van der Waals surface area (Å²) in [5, 5.41) is 11.0. The lowest BCUT2D eigenvalue weighted by Crippen LogP contribution is -2.47. The monoisotopic (exact) mass is 572 g/mol. The van der Waals surface area contributed by atoms with Gasteiger partial charge in [0.25, 0.3) is 0 Å². The second kappa shape index (κ2) is 10.0. The van der Waals surface area contributed by atoms with Gasteiger partial charge in [0.1, 0.15) is 22.8 Å². The molecule has 9 nitrogen and oxygen atoms in total. The highest BCUT2D eigenvalue weighted by Crippen LogP contribution is 2.37. The molecule has 2 N–H and O–H groups in total. The normalized spacial score (nSPS) is 17.8. The topological polar surface area (TPSA) is 114 Å². The van der Waals surface area contributed by atoms with Crippen molar-refractivity contribution in [3.63, 3.8) is 0 Å². The molecule has 0 saturated carbocycles. The Morgan fingerprint density at radius 3 is 2.33 bits per heavy atom. The summed E-state index contributed by atoms with van der Waals surface area (Å²) in [6.07, 6.45) is -5.24. The highest BCUT2D eigenvalue weighted by Gasteiger charge is 2.51. The molecule has 0 bridgehead atoms. The average molecular weight is 572 g/mol. The Bertz CT molecular complexity index is 1570. The summed E-state index contributed by atoms with van der Waals surface area (Å²) in [5.74, 6) is -7.98. The minimum atomic E-state index is -4.82. The molecule has 0 unspecified atom stereocenters. The predicted octanol–water partition coefficient (Wildman–Crippen LogP) is 4.39. The maximum atomic E-state index is 15.3. The van der Waals surface area contributed by atoms with Crippen LogP contribution in [0.15, 0.2) is 35.3 Å². The van der Waals surface area contributed by atoms with Gasteiger partial charge >= 0.3 is 18.2 Å². The number of pyridine rings is 2. The van der Waals surface area contributed by atoms with Crippen LogP contribution in [0.3, 0.4) is 0 Å². The van der Waals surface area contributed by atoms with Crippen LogP contribution in [0.25, 0.3) is 16.7 Å². The largest absolute Gasteiger partial charge is 0.477 e. The number of aromatic carboxylic acids is 1. The van der Waals surface area contributed by atoms with Gasteiger partial charge in [0.05, 0.1) is 23.0 Å². The van der Waals surface area contributed by atoms with E-state index in [4.69, 9.17) is 4.74 Å². The number of anilines is 1. The van der Waals surface area contributed by atoms with E-state index in [-0.39, 0.29) is 0 Å². The number of alkyl carbamates (subject to hydrolysis) is 1. The summed E-state index contributed by atoms with van der Waals surface area (Å²) in [6.45, 7) is 3.14. The van der Waals surface area contributed by atoms with E-state index < -0.39 is 99.9 Å². The summed E-state index contributed by atoms with van der Waals surface area (Å²) in [6, 6.07) is 1.25. The number of hydrogen-bond acceptors (Lipinski definition) is 6. The van der Waals surface area contributed by atoms with Gasteiger partial charge in [0, 0.05) is 25.4 Å². The highest BCUT2D eigenvalue weighted by molar-refractivity contribution is 5.92. The van der Waals surface area contributed by atoms with Gasteiger partial charge in [0.15, 0.2) is 17.3 Å². The number of carboxylic acids is 1. The van der Waals surface area contributed by atoms with E-state index in [0.29, 0.717) is 18.3 Å². The summed E-state index contributed by atoms with van der Waals surface area (Å²) < 4.78 is 90.9. The zero-order chi connectivity index (χ0) is 29.7. The van der Waals surface area contributed by atoms with Crippen molar-refractivity contribution in [2.75, 3.05) is 18.0 Å². The second-order valence-corrected chi connectivity index (χ2v) is 10.1. The Labute approximate surface area is 222 Å². The fourth-order valence-electron chi connectivity index (χ4n) is 4.36. The molecular weight excluding hydrogens is 550 g/mol. The van der Waals surface area contributed by atoms with E-state index in [2.05, 4.69) is 10.3 Å². The van der Waals surface area contributed by atoms with Crippen molar-refractivity contribution in [3.8, 4) is 5.69 Å². The Morgan fingerprint density at radius 2 is 1.75 bits per heavy atom. The van der Waals surface area contributed by atoms with Crippen molar-refractivity contribution in [1.29, 1.82) is 0 Å². The third kappa shape index (κ3) is 5.67. The van der Waals surface area contributed by atoms with Crippen LogP contribution in [-0.2, 0) is 4.74 Å². The number of carbonyl (C=O) groups is 2. The van der Waals surface area contributed by atoms with Crippen LogP contribution in [0.5, 0.6) is 0 Å². The van der Waals surface area contributed by atoms with Crippen molar-refractivity contribution >= 4 is 28.9 Å². The first-order chi connectivity index (χ1) is 18.5. The summed E-state index contributed by atoms with van der Waals surface area (Å²) in [4.78, 5) is 41.5. The van der Waals surface area contributed by atoms with Crippen LogP contribution in [0.2, 0.25) is 0 Å². The van der Waals surface area contributed by atoms with Crippen LogP contribution in [-0.4, -0.2) is 57.6 Å². The molecule has 1 amide bonds. The van der Waals surface area contributed by atoms with Crippen molar-refractivity contribution in [2.45, 2.75) is 38.6 Å². The number of aromatic nitrogens is 2. The first kappa shape index (κ1) is 28.7. The van der Waals surface area contributed by atoms with Crippen LogP contribution in [0.4, 0.5) is 37.0 Å². The molecule has 1 fully saturated rings. The summed E-state index contributed by atoms with van der Waals surface area (Å²) >= 11 is 0. The molecule has 3 aromatic rings. The van der Waals surface area contributed by atoms with Gasteiger partial charge in [-0.05, 0) is 39.0 Å². The zero-order valence-electron chi connectivity index (χ0n) is 21.1. The van der Waals surface area contributed by atoms with Gasteiger partial charge < -0.3 is 20.1 Å². The predicted molar refractivity (Wildman–Crippen MR) is 129 cm³/mol. The molecule has 1 aliphatic heterocycles. The number of carboxylic acid groups (broad SMARTS) is 1. The zero-order valence-corrected chi connectivity index (χ0v) is 21.1. The van der Waals surface area contributed by atoms with Gasteiger partial charge in [-0.15, -0.1) is 0 Å². The fourth-order valence-corrected chi connectivity index (χ4v) is 4.36. The molecule has 40 heavy (non-hydrogen) atoms. The van der Waals surface area contributed by atoms with Gasteiger partial charge in [-0.2, -0.15) is 13.2 Å². The third-order valence-electron chi connectivity index (χ3n) is 6.05. The van der Waals surface area contributed by atoms with E-state index in [1.54, 1.807) is 0 Å². The van der Waals surface area contributed by atoms with Crippen LogP contribution in [0.1, 0.15) is 31.1 Å². The van der Waals surface area contributed by atoms with E-state index in [1.807, 2.05) is 0 Å². The van der Waals surface area contributed by atoms with E-state index >= 15 is 4.39 Å². The number of nitrogens with zero attached hydrogens (tertiary/aromatic N) is 3. The molecular formula is C25H22F6N4O5. The number of alkyl halides is 3. The molecule has 1 aliphatic rings. The standard InChI is InChI=1S/C25H22F6N4O5/c1-24(2,3)40-23(39)32-17-10-34(9-14(17)25(29,30)31)21-16(28)7-12-19(36)13(22(37)38)8-35(20(12)33-21)18-5-4-11(26)6-15(18)27/h4-8,14,17H,9-10H2,1-3H3,(H,32,39)(H,37,38)/t14-,17-/m1/s1. The Morgan fingerprint density at radius 1 is 1.07 bits per heavy atom. The first-order valence-electron chi connectivity index (χ1n) is 11.7. The van der Waals surface area contributed by atoms with E-state index in [0.717, 1.165) is 21.6 Å². The first-order valence-corrected chi connectivity index (χ1v) is 11.7. The van der Waals surface area contributed by atoms with Crippen molar-refractivity contribution in [2.24, 2.45) is 5.92 Å². The smallest absolute Gasteiger partial charge is 0.407 e. The number of rotatable bonds is 4. The second-order valence-electron chi connectivity index (χ2n) is 10.1. The minimum Gasteiger partial charge on any atom is -0.477 e. The number of amides is 1. The van der Waals surface area contributed by atoms with E-state index in [1.165, 1.54) is 20.8 Å². The van der Waals surface area contributed by atoms with E-state index in [9.17, 15) is 41.4 Å². The lowest BCUT2D eigenvalue weighted by Gasteiger charge is -2.25. The Balaban J connectivity index is 1.84. The maximum absolute atomic E-state index is 15.3. The molecule has 1 saturated heterocycles. The van der Waals surface area contributed by atoms with Gasteiger partial charge in [0.2, 0.25) is 5.43 Å². The summed E-state index contributed by atoms with van der Waals surface area (Å²) in [7, 11) is 0. The van der Waals surface area contributed by atoms with Crippen LogP contribution < -0.4 is 15.6 Å². The van der Waals surface area contributed by atoms with Crippen molar-refractivity contribution in [1.82, 2.24) is 14.9 Å². The fraction of sp³-hybridized carbons (Fsp3) is 0.360. The average Bonchev–Trinajstić information content (AvgIpc) is 3.22. The SMILES string of the molecule is CC(C)(C)OC(=O)N[C@@H]1CN(c2nc3c(cc2F)c(=O)c(C(=O)O)cn3-c2ccc(F)cc2F)C[C@H]1C(F)(F)F. The number of nitrogens with one attached hydrogen (secondary N) is 1. The van der Waals surface area contributed by atoms with Crippen LogP contribution in [0, 0.1) is 23.4 Å². The Hall–Kier alpha value is -4.30. The Kier molecular flexibility index (Phi) is 7.19.